The molecule has 1 fully saturated rings. The van der Waals surface area contributed by atoms with Crippen LogP contribution in [0.25, 0.3) is 0 Å². The van der Waals surface area contributed by atoms with Gasteiger partial charge in [0.25, 0.3) is 0 Å². The first-order valence-electron chi connectivity index (χ1n) is 5.16. The van der Waals surface area contributed by atoms with E-state index in [0.29, 0.717) is 9.73 Å². The Morgan fingerprint density at radius 1 is 1.24 bits per heavy atom. The van der Waals surface area contributed by atoms with Gasteiger partial charge in [-0.15, -0.1) is 0 Å². The second kappa shape index (κ2) is 5.10. The molecule has 2 N–H and O–H groups in total. The van der Waals surface area contributed by atoms with Crippen LogP contribution in [0.15, 0.2) is 17.0 Å². The molecule has 0 bridgehead atoms. The summed E-state index contributed by atoms with van der Waals surface area (Å²) < 4.78 is 24.5. The van der Waals surface area contributed by atoms with Crippen LogP contribution in [-0.4, -0.2) is 24.2 Å². The van der Waals surface area contributed by atoms with E-state index in [1.165, 1.54) is 25.3 Å². The summed E-state index contributed by atoms with van der Waals surface area (Å²) in [6, 6.07) is 3.04. The average Bonchev–Trinajstić information content (AvgIpc) is 2.14. The number of nitrogens with two attached hydrogens (primary N) is 1. The first kappa shape index (κ1) is 13.7. The van der Waals surface area contributed by atoms with Crippen LogP contribution >= 0.6 is 23.2 Å². The van der Waals surface area contributed by atoms with Crippen molar-refractivity contribution in [2.24, 2.45) is 5.14 Å². The van der Waals surface area contributed by atoms with Crippen molar-refractivity contribution >= 4 is 53.3 Å². The predicted octanol–water partition coefficient (Wildman–Crippen LogP) is 1.68. The van der Waals surface area contributed by atoms with E-state index in [2.05, 4.69) is 0 Å². The summed E-state index contributed by atoms with van der Waals surface area (Å²) in [5.41, 5.74) is 0. The van der Waals surface area contributed by atoms with Crippen molar-refractivity contribution in [1.82, 2.24) is 0 Å². The molecule has 1 unspecified atom stereocenters. The van der Waals surface area contributed by atoms with Gasteiger partial charge in [0.05, 0.1) is 0 Å². The van der Waals surface area contributed by atoms with Crippen molar-refractivity contribution in [3.63, 3.8) is 0 Å². The third-order valence-electron chi connectivity index (χ3n) is 2.79. The molecular formula is C10H12AsCl2NO2S. The van der Waals surface area contributed by atoms with Crippen LogP contribution < -0.4 is 9.49 Å². The molecular weight excluding hydrogens is 344 g/mol. The van der Waals surface area contributed by atoms with E-state index >= 15 is 0 Å². The Morgan fingerprint density at radius 2 is 1.82 bits per heavy atom. The van der Waals surface area contributed by atoms with Gasteiger partial charge in [0.2, 0.25) is 0 Å². The van der Waals surface area contributed by atoms with Gasteiger partial charge in [-0.25, -0.2) is 0 Å². The van der Waals surface area contributed by atoms with Gasteiger partial charge in [0.15, 0.2) is 0 Å². The Bertz CT molecular complexity index is 543. The van der Waals surface area contributed by atoms with Gasteiger partial charge in [-0.05, 0) is 0 Å². The van der Waals surface area contributed by atoms with Gasteiger partial charge in [-0.3, -0.25) is 0 Å². The van der Waals surface area contributed by atoms with Gasteiger partial charge in [-0.1, -0.05) is 0 Å². The van der Waals surface area contributed by atoms with E-state index in [1.807, 2.05) is 0 Å². The van der Waals surface area contributed by atoms with Crippen LogP contribution in [0.4, 0.5) is 0 Å². The number of rotatable bonds is 3. The summed E-state index contributed by atoms with van der Waals surface area (Å²) in [7, 11) is -3.71. The van der Waals surface area contributed by atoms with E-state index in [9.17, 15) is 8.42 Å². The number of hydrogen-bond donors (Lipinski definition) is 1. The molecule has 0 aliphatic heterocycles. The van der Waals surface area contributed by atoms with E-state index in [4.69, 9.17) is 28.3 Å². The fourth-order valence-electron chi connectivity index (χ4n) is 1.65. The van der Waals surface area contributed by atoms with Gasteiger partial charge in [-0.2, -0.15) is 0 Å². The maximum atomic E-state index is 11.5. The summed E-state index contributed by atoms with van der Waals surface area (Å²) in [5, 5.41) is 5.84. The molecule has 94 valence electrons. The summed E-state index contributed by atoms with van der Waals surface area (Å²) in [4.78, 5) is 0.152. The molecule has 0 aromatic heterocycles. The fraction of sp³-hybridized carbons (Fsp3) is 0.400. The molecule has 0 amide bonds. The third kappa shape index (κ3) is 3.18. The summed E-state index contributed by atoms with van der Waals surface area (Å²) >= 11 is 11.3. The molecule has 0 spiro atoms. The molecule has 1 aromatic rings. The zero-order valence-corrected chi connectivity index (χ0v) is 13.3. The SMILES string of the molecule is NS(=O)(=O)c1cc(Cl)c(Cl)cc1[AsH]C1CCC1. The number of hydrogen-bond acceptors (Lipinski definition) is 2. The van der Waals surface area contributed by atoms with Crippen LogP contribution in [0, 0.1) is 0 Å². The van der Waals surface area contributed by atoms with Crippen molar-refractivity contribution in [2.75, 3.05) is 0 Å². The predicted molar refractivity (Wildman–Crippen MR) is 72.2 cm³/mol. The number of primary sulfonamides is 1. The Labute approximate surface area is 117 Å². The van der Waals surface area contributed by atoms with Crippen LogP contribution in [0.1, 0.15) is 19.3 Å². The molecule has 1 saturated carbocycles. The molecule has 1 aliphatic carbocycles. The van der Waals surface area contributed by atoms with E-state index in [-0.39, 0.29) is 9.92 Å². The maximum absolute atomic E-state index is 11.5. The zero-order valence-electron chi connectivity index (χ0n) is 8.91. The molecule has 0 saturated heterocycles. The molecule has 7 heteroatoms. The van der Waals surface area contributed by atoms with Gasteiger partial charge in [0.1, 0.15) is 0 Å². The Hall–Kier alpha value is 0.268. The van der Waals surface area contributed by atoms with Crippen molar-refractivity contribution in [3.8, 4) is 0 Å². The average molecular weight is 356 g/mol. The van der Waals surface area contributed by atoms with Crippen molar-refractivity contribution in [1.29, 1.82) is 0 Å². The minimum atomic E-state index is -3.71. The number of benzene rings is 1. The Kier molecular flexibility index (Phi) is 4.11. The van der Waals surface area contributed by atoms with E-state index < -0.39 is 25.8 Å². The van der Waals surface area contributed by atoms with Crippen LogP contribution in [0.5, 0.6) is 0 Å². The molecule has 2 rings (SSSR count). The first-order valence-corrected chi connectivity index (χ1v) is 9.72. The molecule has 0 heterocycles. The standard InChI is InChI=1S/C10H12AsCl2NO2S/c12-8-4-7(11-6-2-1-3-6)10(5-9(8)13)17(14,15)16/h4-6,11H,1-3H2,(H2,14,15,16). The molecule has 1 aromatic carbocycles. The third-order valence-corrected chi connectivity index (χ3v) is 8.44. The molecule has 1 aliphatic rings. The topological polar surface area (TPSA) is 60.2 Å². The van der Waals surface area contributed by atoms with Gasteiger partial charge >= 0.3 is 118 Å². The molecule has 0 radical (unpaired) electrons. The second-order valence-corrected chi connectivity index (χ2v) is 9.87. The monoisotopic (exact) mass is 355 g/mol. The van der Waals surface area contributed by atoms with Crippen molar-refractivity contribution < 1.29 is 8.42 Å². The number of halogens is 2. The summed E-state index contributed by atoms with van der Waals surface area (Å²) in [6.45, 7) is 0. The fourth-order valence-corrected chi connectivity index (χ4v) is 7.39. The van der Waals surface area contributed by atoms with E-state index in [0.717, 1.165) is 4.35 Å². The van der Waals surface area contributed by atoms with Crippen LogP contribution in [0.2, 0.25) is 14.8 Å². The van der Waals surface area contributed by atoms with Gasteiger partial charge < -0.3 is 0 Å². The van der Waals surface area contributed by atoms with Crippen molar-refractivity contribution in [3.05, 3.63) is 22.2 Å². The molecule has 17 heavy (non-hydrogen) atoms. The Morgan fingerprint density at radius 3 is 2.29 bits per heavy atom. The molecule has 3 nitrogen and oxygen atoms in total. The summed E-state index contributed by atoms with van der Waals surface area (Å²) in [6.07, 6.45) is 3.61. The van der Waals surface area contributed by atoms with Crippen molar-refractivity contribution in [2.45, 2.75) is 28.9 Å². The molecule has 1 atom stereocenters. The quantitative estimate of drug-likeness (QED) is 0.838. The van der Waals surface area contributed by atoms with Crippen LogP contribution in [0.3, 0.4) is 0 Å². The van der Waals surface area contributed by atoms with Gasteiger partial charge in [0, 0.05) is 0 Å². The first-order chi connectivity index (χ1) is 7.88. The van der Waals surface area contributed by atoms with E-state index in [1.54, 1.807) is 6.07 Å². The summed E-state index contributed by atoms with van der Waals surface area (Å²) in [5.74, 6) is 0. The van der Waals surface area contributed by atoms with Crippen LogP contribution in [-0.2, 0) is 10.0 Å². The zero-order chi connectivity index (χ0) is 12.6. The normalized spacial score (nSPS) is 17.6. The second-order valence-electron chi connectivity index (χ2n) is 4.08. The number of sulfonamides is 1. The Balaban J connectivity index is 2.43. The minimum absolute atomic E-state index is 0.152.